The van der Waals surface area contributed by atoms with Crippen LogP contribution in [0.2, 0.25) is 0 Å². The lowest BCUT2D eigenvalue weighted by Gasteiger charge is -2.20. The third-order valence-electron chi connectivity index (χ3n) is 3.02. The monoisotopic (exact) mass is 300 g/mol. The van der Waals surface area contributed by atoms with Gasteiger partial charge in [0.1, 0.15) is 0 Å². The van der Waals surface area contributed by atoms with E-state index in [0.717, 1.165) is 0 Å². The van der Waals surface area contributed by atoms with Gasteiger partial charge in [-0.1, -0.05) is 12.1 Å². The largest absolute Gasteiger partial charge is 0.389 e. The van der Waals surface area contributed by atoms with Crippen molar-refractivity contribution in [1.82, 2.24) is 4.72 Å². The Hall–Kier alpha value is -1.44. The number of sulfonamides is 1. The molecule has 0 saturated heterocycles. The van der Waals surface area contributed by atoms with Gasteiger partial charge >= 0.3 is 0 Å². The van der Waals surface area contributed by atoms with E-state index in [0.29, 0.717) is 5.56 Å². The Balaban J connectivity index is 2.95. The van der Waals surface area contributed by atoms with Crippen LogP contribution in [0.25, 0.3) is 0 Å². The first-order valence-corrected chi connectivity index (χ1v) is 7.62. The first kappa shape index (κ1) is 16.6. The zero-order valence-electron chi connectivity index (χ0n) is 11.8. The predicted octanol–water partition coefficient (Wildman–Crippen LogP) is 0.530. The highest BCUT2D eigenvalue weighted by molar-refractivity contribution is 7.89. The van der Waals surface area contributed by atoms with Gasteiger partial charge in [0.25, 0.3) is 0 Å². The van der Waals surface area contributed by atoms with E-state index in [1.54, 1.807) is 32.9 Å². The van der Waals surface area contributed by atoms with Crippen molar-refractivity contribution in [2.75, 3.05) is 6.54 Å². The van der Waals surface area contributed by atoms with Crippen LogP contribution in [-0.2, 0) is 14.8 Å². The molecule has 0 bridgehead atoms. The lowest BCUT2D eigenvalue weighted by molar-refractivity contribution is -0.125. The third kappa shape index (κ3) is 4.03. The second-order valence-corrected chi connectivity index (χ2v) is 7.09. The lowest BCUT2D eigenvalue weighted by atomic mass is 9.93. The maximum absolute atomic E-state index is 12.1. The van der Waals surface area contributed by atoms with Gasteiger partial charge < -0.3 is 10.8 Å². The minimum absolute atomic E-state index is 0.0381. The van der Waals surface area contributed by atoms with Crippen LogP contribution in [-0.4, -0.2) is 26.0 Å². The van der Waals surface area contributed by atoms with Crippen LogP contribution in [0.3, 0.4) is 0 Å². The maximum Gasteiger partial charge on any atom is 0.240 e. The minimum Gasteiger partial charge on any atom is -0.389 e. The van der Waals surface area contributed by atoms with Crippen LogP contribution in [0, 0.1) is 5.41 Å². The molecule has 1 rings (SSSR count). The van der Waals surface area contributed by atoms with Crippen molar-refractivity contribution in [3.05, 3.63) is 29.8 Å². The Kier molecular flexibility index (Phi) is 4.90. The molecule has 0 aliphatic carbocycles. The maximum atomic E-state index is 12.1. The van der Waals surface area contributed by atoms with Gasteiger partial charge in [-0.2, -0.15) is 0 Å². The van der Waals surface area contributed by atoms with Crippen LogP contribution in [0.15, 0.2) is 29.2 Å². The summed E-state index contributed by atoms with van der Waals surface area (Å²) in [4.78, 5) is 11.2. The number of nitrogens with one attached hydrogen (secondary N) is 1. The molecular formula is C13H20N2O4S. The summed E-state index contributed by atoms with van der Waals surface area (Å²) in [6, 6.07) is 6.00. The predicted molar refractivity (Wildman–Crippen MR) is 75.2 cm³/mol. The molecule has 1 atom stereocenters. The number of hydrogen-bond acceptors (Lipinski definition) is 4. The summed E-state index contributed by atoms with van der Waals surface area (Å²) in [5.41, 5.74) is 4.72. The number of aliphatic hydroxyl groups excluding tert-OH is 1. The Morgan fingerprint density at radius 3 is 2.55 bits per heavy atom. The number of carbonyl (C=O) groups is 1. The standard InChI is InChI=1S/C13H20N2O4S/c1-9(16)10-5-4-6-11(7-10)20(18,19)15-8-13(2,3)12(14)17/h4-7,9,15-16H,8H2,1-3H3,(H2,14,17). The van der Waals surface area contributed by atoms with E-state index in [1.165, 1.54) is 12.1 Å². The molecule has 1 aromatic rings. The van der Waals surface area contributed by atoms with Crippen LogP contribution < -0.4 is 10.5 Å². The van der Waals surface area contributed by atoms with E-state index in [4.69, 9.17) is 5.73 Å². The molecule has 0 aliphatic heterocycles. The molecule has 1 unspecified atom stereocenters. The summed E-state index contributed by atoms with van der Waals surface area (Å²) in [6.07, 6.45) is -0.757. The van der Waals surface area contributed by atoms with E-state index in [9.17, 15) is 18.3 Å². The molecule has 0 spiro atoms. The topological polar surface area (TPSA) is 109 Å². The number of aliphatic hydroxyl groups is 1. The van der Waals surface area contributed by atoms with E-state index >= 15 is 0 Å². The van der Waals surface area contributed by atoms with Crippen molar-refractivity contribution in [3.63, 3.8) is 0 Å². The van der Waals surface area contributed by atoms with Crippen molar-refractivity contribution in [1.29, 1.82) is 0 Å². The molecule has 7 heteroatoms. The van der Waals surface area contributed by atoms with Gasteiger partial charge in [-0.15, -0.1) is 0 Å². The van der Waals surface area contributed by atoms with Gasteiger partial charge in [0.2, 0.25) is 15.9 Å². The molecule has 0 heterocycles. The number of hydrogen-bond donors (Lipinski definition) is 3. The highest BCUT2D eigenvalue weighted by atomic mass is 32.2. The molecule has 1 amide bonds. The highest BCUT2D eigenvalue weighted by Gasteiger charge is 2.27. The SMILES string of the molecule is CC(O)c1cccc(S(=O)(=O)NCC(C)(C)C(N)=O)c1. The second kappa shape index (κ2) is 5.90. The van der Waals surface area contributed by atoms with Gasteiger partial charge in [-0.25, -0.2) is 13.1 Å². The molecule has 20 heavy (non-hydrogen) atoms. The molecular weight excluding hydrogens is 280 g/mol. The smallest absolute Gasteiger partial charge is 0.240 e. The van der Waals surface area contributed by atoms with E-state index in [2.05, 4.69) is 4.72 Å². The summed E-state index contributed by atoms with van der Waals surface area (Å²) in [5.74, 6) is -0.585. The highest BCUT2D eigenvalue weighted by Crippen LogP contribution is 2.18. The van der Waals surface area contributed by atoms with Crippen molar-refractivity contribution in [3.8, 4) is 0 Å². The second-order valence-electron chi connectivity index (χ2n) is 5.32. The van der Waals surface area contributed by atoms with Gasteiger partial charge in [0.05, 0.1) is 16.4 Å². The van der Waals surface area contributed by atoms with Crippen LogP contribution in [0.4, 0.5) is 0 Å². The summed E-state index contributed by atoms with van der Waals surface area (Å²) in [7, 11) is -3.75. The lowest BCUT2D eigenvalue weighted by Crippen LogP contribution is -2.42. The van der Waals surface area contributed by atoms with Crippen LogP contribution in [0.5, 0.6) is 0 Å². The quantitative estimate of drug-likeness (QED) is 0.711. The molecule has 4 N–H and O–H groups in total. The van der Waals surface area contributed by atoms with Crippen LogP contribution in [0.1, 0.15) is 32.4 Å². The fraction of sp³-hybridized carbons (Fsp3) is 0.462. The molecule has 6 nitrogen and oxygen atoms in total. The first-order valence-electron chi connectivity index (χ1n) is 6.14. The number of nitrogens with two attached hydrogens (primary N) is 1. The Morgan fingerprint density at radius 1 is 1.45 bits per heavy atom. The average Bonchev–Trinajstić information content (AvgIpc) is 2.36. The van der Waals surface area contributed by atoms with E-state index < -0.39 is 27.4 Å². The number of primary amides is 1. The average molecular weight is 300 g/mol. The zero-order valence-corrected chi connectivity index (χ0v) is 12.6. The summed E-state index contributed by atoms with van der Waals surface area (Å²) in [6.45, 7) is 4.58. The Morgan fingerprint density at radius 2 is 2.05 bits per heavy atom. The Bertz CT molecular complexity index is 594. The van der Waals surface area contributed by atoms with E-state index in [1.807, 2.05) is 0 Å². The van der Waals surface area contributed by atoms with Crippen molar-refractivity contribution >= 4 is 15.9 Å². The molecule has 0 saturated carbocycles. The third-order valence-corrected chi connectivity index (χ3v) is 4.42. The molecule has 112 valence electrons. The summed E-state index contributed by atoms with van der Waals surface area (Å²) < 4.78 is 26.6. The van der Waals surface area contributed by atoms with Crippen molar-refractivity contribution in [2.24, 2.45) is 11.1 Å². The fourth-order valence-electron chi connectivity index (χ4n) is 1.39. The number of benzene rings is 1. The van der Waals surface area contributed by atoms with Gasteiger partial charge in [-0.3, -0.25) is 4.79 Å². The molecule has 0 aliphatic rings. The fourth-order valence-corrected chi connectivity index (χ4v) is 2.65. The summed E-state index contributed by atoms with van der Waals surface area (Å²) in [5, 5.41) is 9.47. The summed E-state index contributed by atoms with van der Waals surface area (Å²) >= 11 is 0. The zero-order chi connectivity index (χ0) is 15.6. The molecule has 1 aromatic carbocycles. The normalized spacial score (nSPS) is 14.0. The van der Waals surface area contributed by atoms with Crippen molar-refractivity contribution < 1.29 is 18.3 Å². The molecule has 0 aromatic heterocycles. The minimum atomic E-state index is -3.75. The van der Waals surface area contributed by atoms with Crippen LogP contribution >= 0.6 is 0 Å². The van der Waals surface area contributed by atoms with Crippen molar-refractivity contribution in [2.45, 2.75) is 31.8 Å². The first-order chi connectivity index (χ1) is 9.06. The number of rotatable bonds is 6. The van der Waals surface area contributed by atoms with Gasteiger partial charge in [-0.05, 0) is 38.5 Å². The number of carbonyl (C=O) groups excluding carboxylic acids is 1. The van der Waals surface area contributed by atoms with E-state index in [-0.39, 0.29) is 11.4 Å². The number of amides is 1. The molecule has 0 radical (unpaired) electrons. The Labute approximate surface area is 119 Å². The van der Waals surface area contributed by atoms with Gasteiger partial charge in [0.15, 0.2) is 0 Å². The molecule has 0 fully saturated rings. The van der Waals surface area contributed by atoms with Gasteiger partial charge in [0, 0.05) is 6.54 Å².